The third-order valence-corrected chi connectivity index (χ3v) is 3.17. The molecule has 0 saturated carbocycles. The quantitative estimate of drug-likeness (QED) is 0.760. The molecule has 0 aromatic rings. The highest BCUT2D eigenvalue weighted by Crippen LogP contribution is 2.11. The number of amides is 2. The predicted octanol–water partition coefficient (Wildman–Crippen LogP) is 0.0652. The van der Waals surface area contributed by atoms with Gasteiger partial charge in [0.2, 0.25) is 11.8 Å². The maximum absolute atomic E-state index is 12.2. The van der Waals surface area contributed by atoms with Crippen LogP contribution in [0.2, 0.25) is 0 Å². The summed E-state index contributed by atoms with van der Waals surface area (Å²) in [6.45, 7) is 10.7. The lowest BCUT2D eigenvalue weighted by atomic mass is 10.0. The highest BCUT2D eigenvalue weighted by molar-refractivity contribution is 5.85. The van der Waals surface area contributed by atoms with Gasteiger partial charge in [0.05, 0.1) is 5.54 Å². The molecule has 5 heteroatoms. The maximum Gasteiger partial charge on any atom is 0.242 e. The molecular weight excluding hydrogens is 218 g/mol. The number of hydrogen-bond acceptors (Lipinski definition) is 3. The van der Waals surface area contributed by atoms with E-state index in [9.17, 15) is 9.59 Å². The molecule has 17 heavy (non-hydrogen) atoms. The molecule has 0 aromatic carbocycles. The average molecular weight is 241 g/mol. The van der Waals surface area contributed by atoms with Crippen LogP contribution in [-0.4, -0.2) is 59.9 Å². The van der Waals surface area contributed by atoms with Crippen molar-refractivity contribution in [1.29, 1.82) is 0 Å². The van der Waals surface area contributed by atoms with E-state index < -0.39 is 5.54 Å². The first kappa shape index (κ1) is 14.0. The topological polar surface area (TPSA) is 52.7 Å². The molecule has 0 spiro atoms. The van der Waals surface area contributed by atoms with Crippen LogP contribution < -0.4 is 5.32 Å². The summed E-state index contributed by atoms with van der Waals surface area (Å²) in [7, 11) is 0. The SMILES string of the molecule is CCNC(C)(C)C(=O)N1CCN(C(C)=O)CC1. The smallest absolute Gasteiger partial charge is 0.242 e. The van der Waals surface area contributed by atoms with Crippen LogP contribution in [0.25, 0.3) is 0 Å². The average Bonchev–Trinajstić information content (AvgIpc) is 2.28. The van der Waals surface area contributed by atoms with Gasteiger partial charge in [-0.25, -0.2) is 0 Å². The van der Waals surface area contributed by atoms with Gasteiger partial charge in [-0.1, -0.05) is 6.92 Å². The normalized spacial score (nSPS) is 17.2. The third kappa shape index (κ3) is 3.43. The second-order valence-corrected chi connectivity index (χ2v) is 4.95. The van der Waals surface area contributed by atoms with E-state index in [1.807, 2.05) is 25.7 Å². The molecule has 1 N–H and O–H groups in total. The minimum Gasteiger partial charge on any atom is -0.339 e. The number of carbonyl (C=O) groups is 2. The number of carbonyl (C=O) groups excluding carboxylic acids is 2. The monoisotopic (exact) mass is 241 g/mol. The second-order valence-electron chi connectivity index (χ2n) is 4.95. The fourth-order valence-corrected chi connectivity index (χ4v) is 2.14. The number of nitrogens with zero attached hydrogens (tertiary/aromatic N) is 2. The highest BCUT2D eigenvalue weighted by atomic mass is 16.2. The molecule has 1 saturated heterocycles. The summed E-state index contributed by atoms with van der Waals surface area (Å²) in [6.07, 6.45) is 0. The van der Waals surface area contributed by atoms with Crippen molar-refractivity contribution >= 4 is 11.8 Å². The van der Waals surface area contributed by atoms with Crippen molar-refractivity contribution in [2.75, 3.05) is 32.7 Å². The molecule has 1 heterocycles. The van der Waals surface area contributed by atoms with Gasteiger partial charge < -0.3 is 15.1 Å². The molecule has 0 aromatic heterocycles. The fraction of sp³-hybridized carbons (Fsp3) is 0.833. The van der Waals surface area contributed by atoms with Crippen LogP contribution in [0.5, 0.6) is 0 Å². The van der Waals surface area contributed by atoms with Crippen LogP contribution in [0, 0.1) is 0 Å². The summed E-state index contributed by atoms with van der Waals surface area (Å²) >= 11 is 0. The van der Waals surface area contributed by atoms with Gasteiger partial charge in [-0.15, -0.1) is 0 Å². The molecule has 1 aliphatic rings. The van der Waals surface area contributed by atoms with E-state index in [0.717, 1.165) is 6.54 Å². The van der Waals surface area contributed by atoms with Gasteiger partial charge in [0.1, 0.15) is 0 Å². The van der Waals surface area contributed by atoms with Crippen LogP contribution in [0.1, 0.15) is 27.7 Å². The summed E-state index contributed by atoms with van der Waals surface area (Å²) in [5.74, 6) is 0.200. The molecule has 0 atom stereocenters. The first-order valence-electron chi connectivity index (χ1n) is 6.18. The maximum atomic E-state index is 12.2. The zero-order chi connectivity index (χ0) is 13.1. The van der Waals surface area contributed by atoms with Gasteiger partial charge in [-0.3, -0.25) is 9.59 Å². The van der Waals surface area contributed by atoms with Gasteiger partial charge in [-0.05, 0) is 20.4 Å². The van der Waals surface area contributed by atoms with E-state index in [4.69, 9.17) is 0 Å². The molecule has 0 bridgehead atoms. The molecule has 0 unspecified atom stereocenters. The molecule has 1 rings (SSSR count). The van der Waals surface area contributed by atoms with Crippen molar-refractivity contribution < 1.29 is 9.59 Å². The van der Waals surface area contributed by atoms with Crippen LogP contribution in [0.15, 0.2) is 0 Å². The van der Waals surface area contributed by atoms with E-state index in [2.05, 4.69) is 5.32 Å². The molecule has 0 aliphatic carbocycles. The number of nitrogens with one attached hydrogen (secondary N) is 1. The second kappa shape index (κ2) is 5.49. The Morgan fingerprint density at radius 1 is 1.12 bits per heavy atom. The Balaban J connectivity index is 2.54. The highest BCUT2D eigenvalue weighted by Gasteiger charge is 2.32. The first-order chi connectivity index (χ1) is 7.88. The molecule has 2 amide bonds. The number of rotatable bonds is 3. The van der Waals surface area contributed by atoms with Gasteiger partial charge in [0.15, 0.2) is 0 Å². The van der Waals surface area contributed by atoms with Crippen molar-refractivity contribution in [2.24, 2.45) is 0 Å². The van der Waals surface area contributed by atoms with Crippen LogP contribution in [0.3, 0.4) is 0 Å². The van der Waals surface area contributed by atoms with Gasteiger partial charge in [0, 0.05) is 33.1 Å². The van der Waals surface area contributed by atoms with E-state index >= 15 is 0 Å². The predicted molar refractivity (Wildman–Crippen MR) is 66.6 cm³/mol. The first-order valence-corrected chi connectivity index (χ1v) is 6.18. The van der Waals surface area contributed by atoms with Gasteiger partial charge in [-0.2, -0.15) is 0 Å². The lowest BCUT2D eigenvalue weighted by molar-refractivity contribution is -0.142. The van der Waals surface area contributed by atoms with Crippen LogP contribution >= 0.6 is 0 Å². The lowest BCUT2D eigenvalue weighted by Crippen LogP contribution is -2.59. The largest absolute Gasteiger partial charge is 0.339 e. The zero-order valence-electron chi connectivity index (χ0n) is 11.2. The van der Waals surface area contributed by atoms with Gasteiger partial charge >= 0.3 is 0 Å². The third-order valence-electron chi connectivity index (χ3n) is 3.17. The van der Waals surface area contributed by atoms with E-state index in [0.29, 0.717) is 26.2 Å². The Kier molecular flexibility index (Phi) is 4.51. The standard InChI is InChI=1S/C12H23N3O2/c1-5-13-12(3,4)11(17)15-8-6-14(7-9-15)10(2)16/h13H,5-9H2,1-4H3. The molecular formula is C12H23N3O2. The molecule has 5 nitrogen and oxygen atoms in total. The molecule has 0 radical (unpaired) electrons. The number of likely N-dealkylation sites (N-methyl/N-ethyl adjacent to an activating group) is 1. The zero-order valence-corrected chi connectivity index (χ0v) is 11.2. The summed E-state index contributed by atoms with van der Waals surface area (Å²) in [6, 6.07) is 0. The molecule has 1 aliphatic heterocycles. The Bertz CT molecular complexity index is 294. The Labute approximate surface area is 103 Å². The molecule has 1 fully saturated rings. The van der Waals surface area contributed by atoms with Crippen LogP contribution in [-0.2, 0) is 9.59 Å². The van der Waals surface area contributed by atoms with Gasteiger partial charge in [0.25, 0.3) is 0 Å². The Morgan fingerprint density at radius 2 is 1.59 bits per heavy atom. The molecule has 98 valence electrons. The Morgan fingerprint density at radius 3 is 2.00 bits per heavy atom. The van der Waals surface area contributed by atoms with E-state index in [-0.39, 0.29) is 11.8 Å². The van der Waals surface area contributed by atoms with E-state index in [1.165, 1.54) is 0 Å². The Hall–Kier alpha value is -1.10. The minimum atomic E-state index is -0.521. The van der Waals surface area contributed by atoms with Crippen molar-refractivity contribution in [1.82, 2.24) is 15.1 Å². The summed E-state index contributed by atoms with van der Waals surface area (Å²) in [5.41, 5.74) is -0.521. The number of hydrogen-bond donors (Lipinski definition) is 1. The minimum absolute atomic E-state index is 0.0862. The summed E-state index contributed by atoms with van der Waals surface area (Å²) in [5, 5.41) is 3.18. The lowest BCUT2D eigenvalue weighted by Gasteiger charge is -2.38. The van der Waals surface area contributed by atoms with Crippen molar-refractivity contribution in [3.63, 3.8) is 0 Å². The fourth-order valence-electron chi connectivity index (χ4n) is 2.14. The van der Waals surface area contributed by atoms with Crippen molar-refractivity contribution in [3.05, 3.63) is 0 Å². The van der Waals surface area contributed by atoms with Crippen molar-refractivity contribution in [3.8, 4) is 0 Å². The number of piperazine rings is 1. The summed E-state index contributed by atoms with van der Waals surface area (Å²) < 4.78 is 0. The van der Waals surface area contributed by atoms with E-state index in [1.54, 1.807) is 11.8 Å². The van der Waals surface area contributed by atoms with Crippen molar-refractivity contribution in [2.45, 2.75) is 33.2 Å². The van der Waals surface area contributed by atoms with Crippen LogP contribution in [0.4, 0.5) is 0 Å². The summed E-state index contributed by atoms with van der Waals surface area (Å²) in [4.78, 5) is 27.0.